The molecule has 0 bridgehead atoms. The van der Waals surface area contributed by atoms with Crippen LogP contribution in [0.15, 0.2) is 42.5 Å². The highest BCUT2D eigenvalue weighted by atomic mass is 35.5. The van der Waals surface area contributed by atoms with Gasteiger partial charge in [-0.2, -0.15) is 13.2 Å². The van der Waals surface area contributed by atoms with Gasteiger partial charge in [-0.25, -0.2) is 0 Å². The van der Waals surface area contributed by atoms with E-state index in [2.05, 4.69) is 5.32 Å². The molecule has 28 heavy (non-hydrogen) atoms. The summed E-state index contributed by atoms with van der Waals surface area (Å²) in [5.74, 6) is -1.20. The Balaban J connectivity index is 2.46. The third kappa shape index (κ3) is 5.99. The fraction of sp³-hybridized carbons (Fsp3) is 0.158. The summed E-state index contributed by atoms with van der Waals surface area (Å²) in [5.41, 5.74) is -1.12. The average molecular weight is 451 g/mol. The van der Waals surface area contributed by atoms with Crippen molar-refractivity contribution in [1.82, 2.24) is 5.32 Å². The highest BCUT2D eigenvalue weighted by Crippen LogP contribution is 2.36. The number of rotatable bonds is 5. The van der Waals surface area contributed by atoms with E-state index >= 15 is 0 Å². The van der Waals surface area contributed by atoms with Crippen LogP contribution in [0.2, 0.25) is 15.1 Å². The maximum absolute atomic E-state index is 13.5. The Morgan fingerprint density at radius 2 is 1.61 bits per heavy atom. The van der Waals surface area contributed by atoms with E-state index in [-0.39, 0.29) is 38.6 Å². The van der Waals surface area contributed by atoms with E-state index in [1.807, 2.05) is 0 Å². The molecule has 0 saturated heterocycles. The fourth-order valence-corrected chi connectivity index (χ4v) is 3.05. The maximum Gasteiger partial charge on any atom is 0.417 e. The van der Waals surface area contributed by atoms with E-state index in [1.165, 1.54) is 31.2 Å². The summed E-state index contributed by atoms with van der Waals surface area (Å²) in [6, 6.07) is 7.45. The number of nitrogens with one attached hydrogen (secondary N) is 1. The first-order valence-electron chi connectivity index (χ1n) is 7.80. The molecular formula is C19H13Cl3F3NO2. The molecule has 0 aliphatic heterocycles. The predicted octanol–water partition coefficient (Wildman–Crippen LogP) is 6.11. The first-order valence-corrected chi connectivity index (χ1v) is 8.93. The van der Waals surface area contributed by atoms with Crippen LogP contribution in [0.4, 0.5) is 13.2 Å². The zero-order valence-corrected chi connectivity index (χ0v) is 16.6. The zero-order chi connectivity index (χ0) is 21.1. The lowest BCUT2D eigenvalue weighted by Gasteiger charge is -2.13. The average Bonchev–Trinajstić information content (AvgIpc) is 2.56. The standard InChI is InChI=1S/C19H13Cl3F3NO2/c1-10(27)26-9-13-4-11(2-3-17(13)22)18(28)8-16(19(23,24)25)12-5-14(20)7-15(21)6-12/h2-8H,9H2,1H3,(H,26,27). The summed E-state index contributed by atoms with van der Waals surface area (Å²) in [7, 11) is 0. The van der Waals surface area contributed by atoms with Crippen LogP contribution in [-0.4, -0.2) is 17.9 Å². The number of ketones is 1. The number of allylic oxidation sites excluding steroid dienone is 2. The quantitative estimate of drug-likeness (QED) is 0.441. The van der Waals surface area contributed by atoms with Crippen LogP contribution in [0.25, 0.3) is 5.57 Å². The minimum atomic E-state index is -4.81. The van der Waals surface area contributed by atoms with Crippen molar-refractivity contribution in [2.45, 2.75) is 19.6 Å². The maximum atomic E-state index is 13.5. The molecule has 3 nitrogen and oxygen atoms in total. The van der Waals surface area contributed by atoms with E-state index in [9.17, 15) is 22.8 Å². The lowest BCUT2D eigenvalue weighted by atomic mass is 10.0. The summed E-state index contributed by atoms with van der Waals surface area (Å²) in [4.78, 5) is 23.5. The number of alkyl halides is 3. The number of carbonyl (C=O) groups excluding carboxylic acids is 2. The number of halogens is 6. The van der Waals surface area contributed by atoms with Crippen LogP contribution in [0, 0.1) is 0 Å². The molecule has 0 radical (unpaired) electrons. The zero-order valence-electron chi connectivity index (χ0n) is 14.3. The van der Waals surface area contributed by atoms with Crippen molar-refractivity contribution in [3.05, 3.63) is 74.2 Å². The van der Waals surface area contributed by atoms with E-state index in [1.54, 1.807) is 0 Å². The molecule has 0 heterocycles. The number of hydrogen-bond donors (Lipinski definition) is 1. The molecule has 0 fully saturated rings. The molecule has 2 aromatic carbocycles. The van der Waals surface area contributed by atoms with Gasteiger partial charge >= 0.3 is 6.18 Å². The van der Waals surface area contributed by atoms with Gasteiger partial charge < -0.3 is 5.32 Å². The van der Waals surface area contributed by atoms with Gasteiger partial charge in [0.15, 0.2) is 5.78 Å². The molecule has 1 N–H and O–H groups in total. The number of hydrogen-bond acceptors (Lipinski definition) is 2. The SMILES string of the molecule is CC(=O)NCc1cc(C(=O)C=C(c2cc(Cl)cc(Cl)c2)C(F)(F)F)ccc1Cl. The van der Waals surface area contributed by atoms with E-state index in [0.29, 0.717) is 11.6 Å². The molecule has 0 aliphatic carbocycles. The first-order chi connectivity index (χ1) is 13.0. The number of benzene rings is 2. The Labute approximate surface area is 174 Å². The molecule has 9 heteroatoms. The molecular weight excluding hydrogens is 438 g/mol. The van der Waals surface area contributed by atoms with Gasteiger partial charge in [-0.3, -0.25) is 9.59 Å². The summed E-state index contributed by atoms with van der Waals surface area (Å²) < 4.78 is 40.6. The van der Waals surface area contributed by atoms with Crippen molar-refractivity contribution in [3.8, 4) is 0 Å². The Kier molecular flexibility index (Phi) is 7.15. The molecule has 1 amide bonds. The molecule has 0 spiro atoms. The third-order valence-corrected chi connectivity index (χ3v) is 4.42. The van der Waals surface area contributed by atoms with Crippen molar-refractivity contribution in [2.75, 3.05) is 0 Å². The van der Waals surface area contributed by atoms with Crippen LogP contribution >= 0.6 is 34.8 Å². The van der Waals surface area contributed by atoms with E-state index in [4.69, 9.17) is 34.8 Å². The third-order valence-electron chi connectivity index (χ3n) is 3.61. The molecule has 0 aromatic heterocycles. The highest BCUT2D eigenvalue weighted by molar-refractivity contribution is 6.35. The molecule has 0 aliphatic rings. The van der Waals surface area contributed by atoms with Crippen molar-refractivity contribution >= 4 is 52.1 Å². The van der Waals surface area contributed by atoms with Crippen LogP contribution < -0.4 is 5.32 Å². The van der Waals surface area contributed by atoms with Crippen LogP contribution in [0.1, 0.15) is 28.4 Å². The topological polar surface area (TPSA) is 46.2 Å². The number of amides is 1. The van der Waals surface area contributed by atoms with Crippen LogP contribution in [0.3, 0.4) is 0 Å². The molecule has 2 rings (SSSR count). The molecule has 148 valence electrons. The van der Waals surface area contributed by atoms with Crippen LogP contribution in [-0.2, 0) is 11.3 Å². The van der Waals surface area contributed by atoms with Gasteiger partial charge in [-0.15, -0.1) is 0 Å². The summed E-state index contributed by atoms with van der Waals surface area (Å²) >= 11 is 17.6. The second kappa shape index (κ2) is 8.99. The van der Waals surface area contributed by atoms with Gasteiger partial charge in [0.1, 0.15) is 0 Å². The smallest absolute Gasteiger partial charge is 0.352 e. The molecule has 2 aromatic rings. The largest absolute Gasteiger partial charge is 0.417 e. The predicted molar refractivity (Wildman–Crippen MR) is 104 cm³/mol. The van der Waals surface area contributed by atoms with Crippen molar-refractivity contribution in [1.29, 1.82) is 0 Å². The Morgan fingerprint density at radius 3 is 2.14 bits per heavy atom. The van der Waals surface area contributed by atoms with Crippen LogP contribution in [0.5, 0.6) is 0 Å². The summed E-state index contributed by atoms with van der Waals surface area (Å²) in [5, 5.41) is 2.80. The monoisotopic (exact) mass is 449 g/mol. The van der Waals surface area contributed by atoms with Gasteiger partial charge in [0.25, 0.3) is 0 Å². The summed E-state index contributed by atoms with van der Waals surface area (Å²) in [6.07, 6.45) is -4.33. The molecule has 0 saturated carbocycles. The second-order valence-corrected chi connectivity index (χ2v) is 7.07. The normalized spacial score (nSPS) is 12.0. The van der Waals surface area contributed by atoms with Gasteiger partial charge in [0.2, 0.25) is 5.91 Å². The van der Waals surface area contributed by atoms with Gasteiger partial charge in [0, 0.05) is 34.1 Å². The van der Waals surface area contributed by atoms with Gasteiger partial charge in [-0.05, 0) is 53.6 Å². The number of carbonyl (C=O) groups is 2. The van der Waals surface area contributed by atoms with Crippen molar-refractivity contribution in [2.24, 2.45) is 0 Å². The molecule has 0 unspecified atom stereocenters. The Hall–Kier alpha value is -2.02. The van der Waals surface area contributed by atoms with E-state index < -0.39 is 17.5 Å². The fourth-order valence-electron chi connectivity index (χ4n) is 2.34. The molecule has 0 atom stereocenters. The van der Waals surface area contributed by atoms with Crippen molar-refractivity contribution in [3.63, 3.8) is 0 Å². The lowest BCUT2D eigenvalue weighted by molar-refractivity contribution is -0.119. The first kappa shape index (κ1) is 22.3. The Morgan fingerprint density at radius 1 is 1.00 bits per heavy atom. The minimum absolute atomic E-state index is 0.00850. The Bertz CT molecular complexity index is 936. The highest BCUT2D eigenvalue weighted by Gasteiger charge is 2.35. The van der Waals surface area contributed by atoms with Crippen molar-refractivity contribution < 1.29 is 22.8 Å². The minimum Gasteiger partial charge on any atom is -0.352 e. The van der Waals surface area contributed by atoms with E-state index in [0.717, 1.165) is 12.1 Å². The second-order valence-electron chi connectivity index (χ2n) is 5.79. The van der Waals surface area contributed by atoms with Gasteiger partial charge in [0.05, 0.1) is 5.57 Å². The summed E-state index contributed by atoms with van der Waals surface area (Å²) in [6.45, 7) is 1.34. The lowest BCUT2D eigenvalue weighted by Crippen LogP contribution is -2.19. The van der Waals surface area contributed by atoms with Gasteiger partial charge in [-0.1, -0.05) is 34.8 Å².